The van der Waals surface area contributed by atoms with Crippen LogP contribution in [-0.2, 0) is 19.3 Å². The molecule has 1 amide bonds. The van der Waals surface area contributed by atoms with Crippen molar-refractivity contribution in [3.63, 3.8) is 0 Å². The molecule has 0 fully saturated rings. The lowest BCUT2D eigenvalue weighted by molar-refractivity contribution is -0.145. The van der Waals surface area contributed by atoms with E-state index in [0.717, 1.165) is 11.8 Å². The first-order valence-corrected chi connectivity index (χ1v) is 10.6. The van der Waals surface area contributed by atoms with Crippen LogP contribution in [0.3, 0.4) is 0 Å². The summed E-state index contributed by atoms with van der Waals surface area (Å²) in [5, 5.41) is 9.64. The SMILES string of the molecule is Cc1cnc(Nc2ccn[nH]2)nc1-c1cn2c(n1)C(=O)N(Cc1ccnc(C(F)(F)F)n1)[C@@H](C)C2. The maximum Gasteiger partial charge on any atom is 0.451 e. The van der Waals surface area contributed by atoms with E-state index in [4.69, 9.17) is 0 Å². The predicted octanol–water partition coefficient (Wildman–Crippen LogP) is 2.97. The molecule has 0 spiro atoms. The van der Waals surface area contributed by atoms with Crippen molar-refractivity contribution in [2.45, 2.75) is 39.2 Å². The van der Waals surface area contributed by atoms with E-state index in [1.165, 1.54) is 11.0 Å². The van der Waals surface area contributed by atoms with E-state index in [1.54, 1.807) is 29.2 Å². The van der Waals surface area contributed by atoms with Crippen LogP contribution in [0.5, 0.6) is 0 Å². The lowest BCUT2D eigenvalue weighted by atomic mass is 10.2. The fourth-order valence-corrected chi connectivity index (χ4v) is 3.78. The van der Waals surface area contributed by atoms with Crippen molar-refractivity contribution >= 4 is 17.7 Å². The summed E-state index contributed by atoms with van der Waals surface area (Å²) < 4.78 is 40.7. The standard InChI is InChI=1S/C21H19F3N10O/c1-11-7-26-20(30-15-4-6-27-32-15)31-16(11)14-10-33-8-12(2)34(18(35)17(33)29-14)9-13-3-5-25-19(28-13)21(22,23)24/h3-7,10,12H,8-9H2,1-2H3,(H2,26,27,30,31,32)/t12-/m0/s1. The van der Waals surface area contributed by atoms with Crippen LogP contribution in [0.4, 0.5) is 24.9 Å². The second-order valence-corrected chi connectivity index (χ2v) is 8.07. The lowest BCUT2D eigenvalue weighted by Crippen LogP contribution is -2.46. The number of carbonyl (C=O) groups is 1. The summed E-state index contributed by atoms with van der Waals surface area (Å²) in [6, 6.07) is 2.79. The van der Waals surface area contributed by atoms with Crippen LogP contribution < -0.4 is 5.32 Å². The number of rotatable bonds is 5. The number of carbonyl (C=O) groups excluding carboxylic acids is 1. The van der Waals surface area contributed by atoms with Crippen LogP contribution in [0.25, 0.3) is 11.4 Å². The molecule has 5 heterocycles. The Morgan fingerprint density at radius 1 is 1.17 bits per heavy atom. The number of nitrogens with zero attached hydrogens (tertiary/aromatic N) is 8. The van der Waals surface area contributed by atoms with E-state index in [0.29, 0.717) is 29.7 Å². The first kappa shape index (κ1) is 22.4. The van der Waals surface area contributed by atoms with E-state index in [2.05, 4.69) is 40.4 Å². The maximum atomic E-state index is 13.2. The van der Waals surface area contributed by atoms with Crippen molar-refractivity contribution in [1.82, 2.24) is 44.6 Å². The molecule has 1 atom stereocenters. The number of H-pyrrole nitrogens is 1. The van der Waals surface area contributed by atoms with Gasteiger partial charge >= 0.3 is 6.18 Å². The minimum atomic E-state index is -4.67. The van der Waals surface area contributed by atoms with E-state index in [-0.39, 0.29) is 24.1 Å². The van der Waals surface area contributed by atoms with Gasteiger partial charge in [0, 0.05) is 37.2 Å². The Labute approximate surface area is 196 Å². The number of amides is 1. The largest absolute Gasteiger partial charge is 0.451 e. The van der Waals surface area contributed by atoms with E-state index in [9.17, 15) is 18.0 Å². The van der Waals surface area contributed by atoms with E-state index < -0.39 is 17.9 Å². The second kappa shape index (κ2) is 8.45. The molecule has 180 valence electrons. The van der Waals surface area contributed by atoms with Crippen molar-refractivity contribution in [1.29, 1.82) is 0 Å². The number of imidazole rings is 1. The minimum Gasteiger partial charge on any atom is -0.326 e. The molecule has 4 aromatic heterocycles. The highest BCUT2D eigenvalue weighted by atomic mass is 19.4. The molecule has 2 N–H and O–H groups in total. The third-order valence-corrected chi connectivity index (χ3v) is 5.48. The van der Waals surface area contributed by atoms with Crippen molar-refractivity contribution in [3.05, 3.63) is 59.8 Å². The van der Waals surface area contributed by atoms with Crippen LogP contribution in [0.15, 0.2) is 36.9 Å². The number of alkyl halides is 3. The molecule has 4 aromatic rings. The Balaban J connectivity index is 1.42. The van der Waals surface area contributed by atoms with Gasteiger partial charge in [0.15, 0.2) is 5.82 Å². The van der Waals surface area contributed by atoms with Crippen molar-refractivity contribution < 1.29 is 18.0 Å². The van der Waals surface area contributed by atoms with Gasteiger partial charge in [-0.15, -0.1) is 0 Å². The molecule has 0 bridgehead atoms. The Morgan fingerprint density at radius 2 is 2.00 bits per heavy atom. The number of halogens is 3. The van der Waals surface area contributed by atoms with E-state index in [1.807, 2.05) is 13.8 Å². The quantitative estimate of drug-likeness (QED) is 0.442. The van der Waals surface area contributed by atoms with Gasteiger partial charge in [0.25, 0.3) is 5.91 Å². The molecule has 1 aliphatic rings. The molecule has 0 aromatic carbocycles. The Kier molecular flexibility index (Phi) is 5.42. The zero-order chi connectivity index (χ0) is 24.7. The van der Waals surface area contributed by atoms with Crippen LogP contribution in [0, 0.1) is 6.92 Å². The number of aryl methyl sites for hydroxylation is 1. The van der Waals surface area contributed by atoms with Crippen molar-refractivity contribution in [2.75, 3.05) is 5.32 Å². The van der Waals surface area contributed by atoms with Crippen LogP contribution >= 0.6 is 0 Å². The van der Waals surface area contributed by atoms with Gasteiger partial charge in [0.2, 0.25) is 11.8 Å². The van der Waals surface area contributed by atoms with Crippen LogP contribution in [0.2, 0.25) is 0 Å². The highest BCUT2D eigenvalue weighted by molar-refractivity contribution is 5.92. The number of fused-ring (bicyclic) bond motifs is 1. The average molecular weight is 484 g/mol. The number of anilines is 2. The summed E-state index contributed by atoms with van der Waals surface area (Å²) in [5.41, 5.74) is 1.88. The fraction of sp³-hybridized carbons (Fsp3) is 0.286. The molecule has 1 aliphatic heterocycles. The number of hydrogen-bond acceptors (Lipinski definition) is 8. The van der Waals surface area contributed by atoms with Gasteiger partial charge in [0.05, 0.1) is 24.1 Å². The summed E-state index contributed by atoms with van der Waals surface area (Å²) in [5.74, 6) is -0.544. The van der Waals surface area contributed by atoms with Gasteiger partial charge in [-0.05, 0) is 25.5 Å². The second-order valence-electron chi connectivity index (χ2n) is 8.07. The summed E-state index contributed by atoms with van der Waals surface area (Å²) in [6.45, 7) is 3.96. The summed E-state index contributed by atoms with van der Waals surface area (Å²) >= 11 is 0. The first-order valence-electron chi connectivity index (χ1n) is 10.6. The van der Waals surface area contributed by atoms with Gasteiger partial charge in [0.1, 0.15) is 11.5 Å². The average Bonchev–Trinajstić information content (AvgIpc) is 3.47. The molecule has 14 heteroatoms. The lowest BCUT2D eigenvalue weighted by Gasteiger charge is -2.33. The first-order chi connectivity index (χ1) is 16.7. The zero-order valence-electron chi connectivity index (χ0n) is 18.6. The smallest absolute Gasteiger partial charge is 0.326 e. The molecule has 35 heavy (non-hydrogen) atoms. The minimum absolute atomic E-state index is 0.0916. The normalized spacial score (nSPS) is 15.9. The third kappa shape index (κ3) is 4.41. The van der Waals surface area contributed by atoms with Gasteiger partial charge in [-0.1, -0.05) is 0 Å². The summed E-state index contributed by atoms with van der Waals surface area (Å²) in [7, 11) is 0. The van der Waals surface area contributed by atoms with E-state index >= 15 is 0 Å². The highest BCUT2D eigenvalue weighted by Gasteiger charge is 2.36. The predicted molar refractivity (Wildman–Crippen MR) is 116 cm³/mol. The van der Waals surface area contributed by atoms with Crippen molar-refractivity contribution in [3.8, 4) is 11.4 Å². The van der Waals surface area contributed by atoms with Gasteiger partial charge in [-0.3, -0.25) is 9.89 Å². The highest BCUT2D eigenvalue weighted by Crippen LogP contribution is 2.28. The van der Waals surface area contributed by atoms with Crippen molar-refractivity contribution in [2.24, 2.45) is 0 Å². The summed E-state index contributed by atoms with van der Waals surface area (Å²) in [6.07, 6.45) is 1.34. The monoisotopic (exact) mass is 484 g/mol. The number of aromatic amines is 1. The van der Waals surface area contributed by atoms with Crippen LogP contribution in [-0.4, -0.2) is 56.5 Å². The Bertz CT molecular complexity index is 1380. The number of hydrogen-bond donors (Lipinski definition) is 2. The summed E-state index contributed by atoms with van der Waals surface area (Å²) in [4.78, 5) is 34.8. The Hall–Kier alpha value is -4.36. The fourth-order valence-electron chi connectivity index (χ4n) is 3.78. The Morgan fingerprint density at radius 3 is 2.74 bits per heavy atom. The van der Waals surface area contributed by atoms with Gasteiger partial charge in [-0.25, -0.2) is 24.9 Å². The molecular formula is C21H19F3N10O. The van der Waals surface area contributed by atoms with Gasteiger partial charge in [-0.2, -0.15) is 18.3 Å². The maximum absolute atomic E-state index is 13.2. The zero-order valence-corrected chi connectivity index (χ0v) is 18.6. The molecule has 5 rings (SSSR count). The van der Waals surface area contributed by atoms with Crippen LogP contribution in [0.1, 0.15) is 34.6 Å². The number of aromatic nitrogens is 8. The topological polar surface area (TPSA) is 130 Å². The third-order valence-electron chi connectivity index (χ3n) is 5.48. The van der Waals surface area contributed by atoms with Gasteiger partial charge < -0.3 is 14.8 Å². The molecule has 0 saturated carbocycles. The molecule has 0 radical (unpaired) electrons. The molecule has 0 aliphatic carbocycles. The molecule has 0 saturated heterocycles. The number of nitrogens with one attached hydrogen (secondary N) is 2. The molecule has 0 unspecified atom stereocenters. The molecule has 11 nitrogen and oxygen atoms in total. The molecular weight excluding hydrogens is 465 g/mol.